The van der Waals surface area contributed by atoms with Crippen LogP contribution in [0, 0.1) is 0 Å². The normalized spacial score (nSPS) is 13.6. The largest absolute Gasteiger partial charge is 0.454 e. The molecular weight excluding hydrogens is 332 g/mol. The predicted molar refractivity (Wildman–Crippen MR) is 98.5 cm³/mol. The third-order valence-corrected chi connectivity index (χ3v) is 3.98. The Morgan fingerprint density at radius 3 is 2.88 bits per heavy atom. The second-order valence-corrected chi connectivity index (χ2v) is 6.11. The molecule has 2 aromatic carbocycles. The Morgan fingerprint density at radius 2 is 2.04 bits per heavy atom. The maximum atomic E-state index is 11.9. The van der Waals surface area contributed by atoms with Crippen molar-refractivity contribution in [2.24, 2.45) is 5.16 Å². The molecule has 1 heterocycles. The Kier molecular flexibility index (Phi) is 6.09. The van der Waals surface area contributed by atoms with E-state index in [0.717, 1.165) is 18.4 Å². The average molecular weight is 354 g/mol. The standard InChI is InChI=1S/C20H22N2O4/c1-15(7-8-16-5-3-2-4-6-16)22-20(23)13-26-21-12-17-9-10-18-19(11-17)25-14-24-18/h2-6,9-12,15H,7-8,13-14H2,1H3,(H,22,23)/b21-12-/t15-/m1/s1. The third kappa shape index (κ3) is 5.24. The number of rotatable bonds is 8. The van der Waals surface area contributed by atoms with Crippen LogP contribution in [0.15, 0.2) is 53.7 Å². The van der Waals surface area contributed by atoms with Crippen LogP contribution >= 0.6 is 0 Å². The molecule has 6 heteroatoms. The molecule has 1 aliphatic heterocycles. The van der Waals surface area contributed by atoms with Crippen LogP contribution in [0.4, 0.5) is 0 Å². The van der Waals surface area contributed by atoms with Gasteiger partial charge < -0.3 is 19.6 Å². The lowest BCUT2D eigenvalue weighted by molar-refractivity contribution is -0.126. The Labute approximate surface area is 152 Å². The monoisotopic (exact) mass is 354 g/mol. The van der Waals surface area contributed by atoms with E-state index in [2.05, 4.69) is 22.6 Å². The van der Waals surface area contributed by atoms with E-state index in [0.29, 0.717) is 11.5 Å². The minimum absolute atomic E-state index is 0.0733. The Bertz CT molecular complexity index is 762. The Hall–Kier alpha value is -3.02. The van der Waals surface area contributed by atoms with Gasteiger partial charge >= 0.3 is 0 Å². The summed E-state index contributed by atoms with van der Waals surface area (Å²) >= 11 is 0. The zero-order valence-corrected chi connectivity index (χ0v) is 14.7. The summed E-state index contributed by atoms with van der Waals surface area (Å²) in [7, 11) is 0. The van der Waals surface area contributed by atoms with Crippen molar-refractivity contribution in [2.75, 3.05) is 13.4 Å². The van der Waals surface area contributed by atoms with Crippen LogP contribution in [0.3, 0.4) is 0 Å². The topological polar surface area (TPSA) is 69.2 Å². The van der Waals surface area contributed by atoms with Crippen LogP contribution in [-0.2, 0) is 16.1 Å². The molecule has 0 radical (unpaired) electrons. The van der Waals surface area contributed by atoms with Crippen molar-refractivity contribution in [2.45, 2.75) is 25.8 Å². The third-order valence-electron chi connectivity index (χ3n) is 3.98. The summed E-state index contributed by atoms with van der Waals surface area (Å²) in [5.74, 6) is 1.21. The molecule has 6 nitrogen and oxygen atoms in total. The van der Waals surface area contributed by atoms with Crippen molar-refractivity contribution in [3.05, 3.63) is 59.7 Å². The Morgan fingerprint density at radius 1 is 1.23 bits per heavy atom. The van der Waals surface area contributed by atoms with Crippen molar-refractivity contribution in [3.8, 4) is 11.5 Å². The fourth-order valence-electron chi connectivity index (χ4n) is 2.60. The molecule has 0 saturated carbocycles. The van der Waals surface area contributed by atoms with Crippen molar-refractivity contribution < 1.29 is 19.1 Å². The van der Waals surface area contributed by atoms with Gasteiger partial charge in [0.1, 0.15) is 0 Å². The average Bonchev–Trinajstić information content (AvgIpc) is 3.12. The predicted octanol–water partition coefficient (Wildman–Crippen LogP) is 2.90. The number of hydrogen-bond donors (Lipinski definition) is 1. The van der Waals surface area contributed by atoms with Gasteiger partial charge in [-0.25, -0.2) is 0 Å². The van der Waals surface area contributed by atoms with Crippen LogP contribution in [-0.4, -0.2) is 31.6 Å². The first-order valence-electron chi connectivity index (χ1n) is 8.59. The number of carbonyl (C=O) groups is 1. The van der Waals surface area contributed by atoms with E-state index >= 15 is 0 Å². The number of nitrogens with zero attached hydrogens (tertiary/aromatic N) is 1. The molecule has 1 amide bonds. The van der Waals surface area contributed by atoms with Crippen LogP contribution in [0.5, 0.6) is 11.5 Å². The van der Waals surface area contributed by atoms with Crippen LogP contribution in [0.1, 0.15) is 24.5 Å². The maximum absolute atomic E-state index is 11.9. The first-order chi connectivity index (χ1) is 12.7. The van der Waals surface area contributed by atoms with Crippen LogP contribution in [0.25, 0.3) is 0 Å². The van der Waals surface area contributed by atoms with Crippen molar-refractivity contribution >= 4 is 12.1 Å². The van der Waals surface area contributed by atoms with Crippen molar-refractivity contribution in [1.82, 2.24) is 5.32 Å². The smallest absolute Gasteiger partial charge is 0.260 e. The zero-order valence-electron chi connectivity index (χ0n) is 14.7. The highest BCUT2D eigenvalue weighted by atomic mass is 16.7. The van der Waals surface area contributed by atoms with Crippen molar-refractivity contribution in [1.29, 1.82) is 0 Å². The first kappa shape index (κ1) is 17.8. The highest BCUT2D eigenvalue weighted by Crippen LogP contribution is 2.31. The number of carbonyl (C=O) groups excluding carboxylic acids is 1. The van der Waals surface area contributed by atoms with Gasteiger partial charge in [-0.1, -0.05) is 35.5 Å². The fourth-order valence-corrected chi connectivity index (χ4v) is 2.60. The van der Waals surface area contributed by atoms with Crippen LogP contribution < -0.4 is 14.8 Å². The van der Waals surface area contributed by atoms with Gasteiger partial charge in [0.25, 0.3) is 5.91 Å². The lowest BCUT2D eigenvalue weighted by atomic mass is 10.1. The molecule has 0 spiro atoms. The minimum Gasteiger partial charge on any atom is -0.454 e. The molecule has 0 saturated heterocycles. The first-order valence-corrected chi connectivity index (χ1v) is 8.59. The molecule has 0 aliphatic carbocycles. The van der Waals surface area contributed by atoms with Gasteiger partial charge in [0, 0.05) is 11.6 Å². The summed E-state index contributed by atoms with van der Waals surface area (Å²) in [5.41, 5.74) is 2.07. The van der Waals surface area contributed by atoms with Gasteiger partial charge in [0.2, 0.25) is 6.79 Å². The fraction of sp³-hybridized carbons (Fsp3) is 0.300. The van der Waals surface area contributed by atoms with Gasteiger partial charge in [0.05, 0.1) is 6.21 Å². The summed E-state index contributed by atoms with van der Waals surface area (Å²) in [4.78, 5) is 17.0. The lowest BCUT2D eigenvalue weighted by Crippen LogP contribution is -2.35. The summed E-state index contributed by atoms with van der Waals surface area (Å²) in [6, 6.07) is 15.7. The number of aryl methyl sites for hydroxylation is 1. The second kappa shape index (κ2) is 8.89. The minimum atomic E-state index is -0.187. The zero-order chi connectivity index (χ0) is 18.2. The Balaban J connectivity index is 1.36. The molecule has 1 aliphatic rings. The lowest BCUT2D eigenvalue weighted by Gasteiger charge is -2.13. The molecule has 0 aromatic heterocycles. The summed E-state index contributed by atoms with van der Waals surface area (Å²) in [6.45, 7) is 2.10. The van der Waals surface area contributed by atoms with Crippen LogP contribution in [0.2, 0.25) is 0 Å². The van der Waals surface area contributed by atoms with Gasteiger partial charge in [-0.2, -0.15) is 0 Å². The van der Waals surface area contributed by atoms with E-state index in [9.17, 15) is 4.79 Å². The summed E-state index contributed by atoms with van der Waals surface area (Å²) < 4.78 is 10.5. The van der Waals surface area contributed by atoms with E-state index in [1.54, 1.807) is 6.07 Å². The molecule has 1 N–H and O–H groups in total. The van der Waals surface area contributed by atoms with E-state index < -0.39 is 0 Å². The number of ether oxygens (including phenoxy) is 2. The van der Waals surface area contributed by atoms with E-state index in [1.807, 2.05) is 37.3 Å². The van der Waals surface area contributed by atoms with Crippen molar-refractivity contribution in [3.63, 3.8) is 0 Å². The molecule has 0 unspecified atom stereocenters. The van der Waals surface area contributed by atoms with Gasteiger partial charge in [-0.3, -0.25) is 4.79 Å². The number of oxime groups is 1. The number of fused-ring (bicyclic) bond motifs is 1. The highest BCUT2D eigenvalue weighted by Gasteiger charge is 2.12. The molecule has 3 rings (SSSR count). The number of benzene rings is 2. The molecule has 26 heavy (non-hydrogen) atoms. The highest BCUT2D eigenvalue weighted by molar-refractivity contribution is 5.81. The molecule has 1 atom stereocenters. The summed E-state index contributed by atoms with van der Waals surface area (Å²) in [6.07, 6.45) is 3.33. The molecule has 2 aromatic rings. The van der Waals surface area contributed by atoms with E-state index in [4.69, 9.17) is 14.3 Å². The number of nitrogens with one attached hydrogen (secondary N) is 1. The molecule has 0 bridgehead atoms. The molecular formula is C20H22N2O4. The number of hydrogen-bond acceptors (Lipinski definition) is 5. The maximum Gasteiger partial charge on any atom is 0.260 e. The molecule has 0 fully saturated rings. The molecule has 136 valence electrons. The van der Waals surface area contributed by atoms with E-state index in [1.165, 1.54) is 11.8 Å². The summed E-state index contributed by atoms with van der Waals surface area (Å²) in [5, 5.41) is 6.73. The van der Waals surface area contributed by atoms with Gasteiger partial charge in [0.15, 0.2) is 18.1 Å². The second-order valence-electron chi connectivity index (χ2n) is 6.11. The SMILES string of the molecule is C[C@H](CCc1ccccc1)NC(=O)CO/N=C\c1ccc2c(c1)OCO2. The quantitative estimate of drug-likeness (QED) is 0.585. The van der Waals surface area contributed by atoms with Gasteiger partial charge in [-0.05, 0) is 43.5 Å². The van der Waals surface area contributed by atoms with Gasteiger partial charge in [-0.15, -0.1) is 0 Å². The van der Waals surface area contributed by atoms with E-state index in [-0.39, 0.29) is 25.3 Å². The number of amides is 1.